The number of methoxy groups -OCH3 is 1. The van der Waals surface area contributed by atoms with E-state index < -0.39 is 0 Å². The summed E-state index contributed by atoms with van der Waals surface area (Å²) < 4.78 is 4.99. The summed E-state index contributed by atoms with van der Waals surface area (Å²) >= 11 is 0. The maximum atomic E-state index is 11.7. The van der Waals surface area contributed by atoms with Gasteiger partial charge in [-0.2, -0.15) is 0 Å². The molecule has 0 bridgehead atoms. The van der Waals surface area contributed by atoms with Crippen LogP contribution in [0.4, 0.5) is 0 Å². The first-order chi connectivity index (χ1) is 8.84. The number of phenols is 1. The van der Waals surface area contributed by atoms with Crippen molar-refractivity contribution in [2.24, 2.45) is 5.41 Å². The van der Waals surface area contributed by atoms with Gasteiger partial charge in [0.05, 0.1) is 7.11 Å². The van der Waals surface area contributed by atoms with Gasteiger partial charge in [-0.3, -0.25) is 4.79 Å². The summed E-state index contributed by atoms with van der Waals surface area (Å²) in [4.78, 5) is 11.7. The fourth-order valence-corrected chi connectivity index (χ4v) is 1.22. The highest BCUT2D eigenvalue weighted by Gasteiger charge is 2.17. The number of ketones is 1. The van der Waals surface area contributed by atoms with Crippen molar-refractivity contribution >= 4 is 11.9 Å². The lowest BCUT2D eigenvalue weighted by Gasteiger charge is -2.12. The van der Waals surface area contributed by atoms with Gasteiger partial charge in [0.2, 0.25) is 0 Å². The van der Waals surface area contributed by atoms with Crippen LogP contribution in [0, 0.1) is 5.41 Å². The molecule has 0 fully saturated rings. The van der Waals surface area contributed by atoms with Gasteiger partial charge in [0.25, 0.3) is 0 Å². The number of ether oxygens (including phenoxy) is 1. The molecule has 1 rings (SSSR count). The molecule has 0 aromatic heterocycles. The molecule has 0 unspecified atom stereocenters. The molecule has 1 aromatic carbocycles. The molecule has 0 saturated carbocycles. The summed E-state index contributed by atoms with van der Waals surface area (Å²) in [6.07, 6.45) is 3.27. The molecule has 0 spiro atoms. The second-order valence-electron chi connectivity index (χ2n) is 4.88. The Bertz CT molecular complexity index is 440. The van der Waals surface area contributed by atoms with Crippen molar-refractivity contribution in [2.45, 2.75) is 34.6 Å². The highest BCUT2D eigenvalue weighted by molar-refractivity contribution is 5.97. The van der Waals surface area contributed by atoms with Crippen LogP contribution in [0.1, 0.15) is 40.2 Å². The Hall–Kier alpha value is -1.77. The van der Waals surface area contributed by atoms with E-state index >= 15 is 0 Å². The van der Waals surface area contributed by atoms with Crippen molar-refractivity contribution in [2.75, 3.05) is 7.11 Å². The van der Waals surface area contributed by atoms with Crippen LogP contribution in [-0.4, -0.2) is 18.0 Å². The van der Waals surface area contributed by atoms with E-state index in [1.807, 2.05) is 34.6 Å². The highest BCUT2D eigenvalue weighted by atomic mass is 16.5. The Labute approximate surface area is 115 Å². The van der Waals surface area contributed by atoms with Crippen LogP contribution in [-0.2, 0) is 4.79 Å². The summed E-state index contributed by atoms with van der Waals surface area (Å²) in [7, 11) is 1.49. The first-order valence-electron chi connectivity index (χ1n) is 6.44. The molecule has 0 heterocycles. The molecule has 1 aromatic rings. The second-order valence-corrected chi connectivity index (χ2v) is 4.88. The fourth-order valence-electron chi connectivity index (χ4n) is 1.22. The number of allylic oxidation sites excluding steroid dienone is 1. The molecule has 0 saturated heterocycles. The monoisotopic (exact) mass is 264 g/mol. The molecule has 19 heavy (non-hydrogen) atoms. The van der Waals surface area contributed by atoms with Crippen molar-refractivity contribution < 1.29 is 14.6 Å². The van der Waals surface area contributed by atoms with E-state index in [1.165, 1.54) is 7.11 Å². The molecule has 106 valence electrons. The third kappa shape index (κ3) is 5.60. The maximum Gasteiger partial charge on any atom is 0.161 e. The van der Waals surface area contributed by atoms with Crippen molar-refractivity contribution in [3.05, 3.63) is 29.8 Å². The minimum atomic E-state index is -0.377. The van der Waals surface area contributed by atoms with E-state index in [-0.39, 0.29) is 16.9 Å². The van der Waals surface area contributed by atoms with Crippen LogP contribution in [0.15, 0.2) is 24.3 Å². The molecule has 1 N–H and O–H groups in total. The predicted octanol–water partition coefficient (Wildman–Crippen LogP) is 4.06. The Morgan fingerprint density at radius 2 is 1.84 bits per heavy atom. The normalized spacial score (nSPS) is 10.8. The van der Waals surface area contributed by atoms with Crippen molar-refractivity contribution in [3.8, 4) is 11.5 Å². The van der Waals surface area contributed by atoms with Gasteiger partial charge in [0, 0.05) is 5.41 Å². The van der Waals surface area contributed by atoms with E-state index in [9.17, 15) is 9.90 Å². The van der Waals surface area contributed by atoms with Gasteiger partial charge in [-0.25, -0.2) is 0 Å². The number of aromatic hydroxyl groups is 1. The summed E-state index contributed by atoms with van der Waals surface area (Å²) in [6.45, 7) is 9.62. The van der Waals surface area contributed by atoms with E-state index in [2.05, 4.69) is 0 Å². The lowest BCUT2D eigenvalue weighted by Crippen LogP contribution is -2.17. The Morgan fingerprint density at radius 1 is 1.26 bits per heavy atom. The topological polar surface area (TPSA) is 46.5 Å². The first kappa shape index (κ1) is 17.2. The first-order valence-corrected chi connectivity index (χ1v) is 6.44. The molecule has 0 radical (unpaired) electrons. The molecule has 0 atom stereocenters. The quantitative estimate of drug-likeness (QED) is 0.837. The zero-order valence-electron chi connectivity index (χ0n) is 12.7. The van der Waals surface area contributed by atoms with Gasteiger partial charge >= 0.3 is 0 Å². The average Bonchev–Trinajstić information content (AvgIpc) is 2.38. The molecule has 0 aliphatic heterocycles. The average molecular weight is 264 g/mol. The van der Waals surface area contributed by atoms with Gasteiger partial charge in [-0.05, 0) is 23.8 Å². The Kier molecular flexibility index (Phi) is 6.91. The Morgan fingerprint density at radius 3 is 2.32 bits per heavy atom. The van der Waals surface area contributed by atoms with Gasteiger partial charge in [0.1, 0.15) is 0 Å². The number of benzene rings is 1. The third-order valence-electron chi connectivity index (χ3n) is 2.37. The van der Waals surface area contributed by atoms with E-state index in [4.69, 9.17) is 4.74 Å². The summed E-state index contributed by atoms with van der Waals surface area (Å²) in [5.74, 6) is 0.548. The third-order valence-corrected chi connectivity index (χ3v) is 2.37. The van der Waals surface area contributed by atoms with Gasteiger partial charge in [-0.15, -0.1) is 0 Å². The molecule has 0 amide bonds. The van der Waals surface area contributed by atoms with Crippen LogP contribution in [0.3, 0.4) is 0 Å². The molecule has 3 nitrogen and oxygen atoms in total. The number of hydrogen-bond donors (Lipinski definition) is 1. The van der Waals surface area contributed by atoms with E-state index in [0.717, 1.165) is 5.56 Å². The summed E-state index contributed by atoms with van der Waals surface area (Å²) in [5.41, 5.74) is 0.439. The molecular formula is C16H24O3. The molecular weight excluding hydrogens is 240 g/mol. The number of rotatable bonds is 3. The lowest BCUT2D eigenvalue weighted by molar-refractivity contribution is -0.121. The van der Waals surface area contributed by atoms with Gasteiger partial charge < -0.3 is 9.84 Å². The minimum absolute atomic E-state index is 0.0598. The highest BCUT2D eigenvalue weighted by Crippen LogP contribution is 2.27. The van der Waals surface area contributed by atoms with Crippen LogP contribution in [0.2, 0.25) is 0 Å². The van der Waals surface area contributed by atoms with Crippen molar-refractivity contribution in [1.29, 1.82) is 0 Å². The lowest BCUT2D eigenvalue weighted by atomic mass is 9.90. The summed E-state index contributed by atoms with van der Waals surface area (Å²) in [5, 5.41) is 9.43. The smallest absolute Gasteiger partial charge is 0.161 e. The number of carbonyl (C=O) groups excluding carboxylic acids is 1. The van der Waals surface area contributed by atoms with Crippen LogP contribution in [0.5, 0.6) is 11.5 Å². The van der Waals surface area contributed by atoms with Gasteiger partial charge in [-0.1, -0.05) is 46.8 Å². The van der Waals surface area contributed by atoms with Crippen molar-refractivity contribution in [1.82, 2.24) is 0 Å². The largest absolute Gasteiger partial charge is 0.504 e. The van der Waals surface area contributed by atoms with Crippen molar-refractivity contribution in [3.63, 3.8) is 0 Å². The number of carbonyl (C=O) groups is 1. The van der Waals surface area contributed by atoms with Crippen LogP contribution in [0.25, 0.3) is 6.08 Å². The van der Waals surface area contributed by atoms with Gasteiger partial charge in [0.15, 0.2) is 17.3 Å². The van der Waals surface area contributed by atoms with E-state index in [1.54, 1.807) is 30.4 Å². The fraction of sp³-hybridized carbons (Fsp3) is 0.438. The Balaban J connectivity index is 0.00000154. The molecule has 3 heteroatoms. The number of hydrogen-bond acceptors (Lipinski definition) is 3. The van der Waals surface area contributed by atoms with Crippen LogP contribution < -0.4 is 4.74 Å². The van der Waals surface area contributed by atoms with Crippen LogP contribution >= 0.6 is 0 Å². The molecule has 0 aliphatic rings. The molecule has 0 aliphatic carbocycles. The predicted molar refractivity (Wildman–Crippen MR) is 79.5 cm³/mol. The number of phenolic OH excluding ortho intramolecular Hbond substituents is 1. The minimum Gasteiger partial charge on any atom is -0.504 e. The maximum absolute atomic E-state index is 11.7. The zero-order valence-corrected chi connectivity index (χ0v) is 12.7. The second kappa shape index (κ2) is 7.62. The summed E-state index contributed by atoms with van der Waals surface area (Å²) in [6, 6.07) is 4.95. The standard InChI is InChI=1S/C14H18O3.C2H6/c1-14(2,3)13(16)8-6-10-5-7-11(15)12(9-10)17-4;1-2/h5-9,15H,1-4H3;1-2H3/b8-6+;. The zero-order chi connectivity index (χ0) is 15.1. The van der Waals surface area contributed by atoms with E-state index in [0.29, 0.717) is 5.75 Å². The SMILES string of the molecule is CC.COc1cc(/C=C/C(=O)C(C)(C)C)ccc1O.